The summed E-state index contributed by atoms with van der Waals surface area (Å²) in [5.41, 5.74) is 2.15. The normalized spacial score (nSPS) is 20.5. The van der Waals surface area contributed by atoms with Crippen LogP contribution in [-0.2, 0) is 11.2 Å². The largest absolute Gasteiger partial charge is 0.493 e. The lowest BCUT2D eigenvalue weighted by Crippen LogP contribution is -2.33. The Morgan fingerprint density at radius 1 is 1.24 bits per heavy atom. The summed E-state index contributed by atoms with van der Waals surface area (Å²) in [7, 11) is 0. The van der Waals surface area contributed by atoms with E-state index in [4.69, 9.17) is 14.0 Å². The molecule has 0 radical (unpaired) electrons. The van der Waals surface area contributed by atoms with E-state index in [-0.39, 0.29) is 18.5 Å². The van der Waals surface area contributed by atoms with Gasteiger partial charge in [-0.25, -0.2) is 0 Å². The van der Waals surface area contributed by atoms with E-state index < -0.39 is 0 Å². The molecule has 6 nitrogen and oxygen atoms in total. The van der Waals surface area contributed by atoms with Crippen LogP contribution in [0.5, 0.6) is 5.75 Å². The fourth-order valence-corrected chi connectivity index (χ4v) is 2.53. The van der Waals surface area contributed by atoms with Gasteiger partial charge in [0.2, 0.25) is 5.82 Å². The third kappa shape index (κ3) is 2.74. The zero-order valence-electron chi connectivity index (χ0n) is 11.4. The van der Waals surface area contributed by atoms with Crippen LogP contribution in [0.4, 0.5) is 0 Å². The van der Waals surface area contributed by atoms with Gasteiger partial charge in [0.25, 0.3) is 5.89 Å². The second kappa shape index (κ2) is 6.01. The molecule has 7 heteroatoms. The van der Waals surface area contributed by atoms with Crippen LogP contribution in [0.1, 0.15) is 17.6 Å². The Morgan fingerprint density at radius 3 is 3.05 bits per heavy atom. The van der Waals surface area contributed by atoms with Crippen molar-refractivity contribution in [3.05, 3.63) is 29.7 Å². The van der Waals surface area contributed by atoms with E-state index in [0.29, 0.717) is 24.9 Å². The number of aromatic nitrogens is 2. The van der Waals surface area contributed by atoms with E-state index in [1.54, 1.807) is 0 Å². The van der Waals surface area contributed by atoms with E-state index in [2.05, 4.69) is 21.5 Å². The molecule has 1 fully saturated rings. The Labute approximate surface area is 128 Å². The average Bonchev–Trinajstić information content (AvgIpc) is 3.16. The molecule has 3 heterocycles. The summed E-state index contributed by atoms with van der Waals surface area (Å²) in [6, 6.07) is 5.99. The molecule has 21 heavy (non-hydrogen) atoms. The van der Waals surface area contributed by atoms with Gasteiger partial charge in [0.05, 0.1) is 13.2 Å². The quantitative estimate of drug-likeness (QED) is 0.911. The van der Waals surface area contributed by atoms with Crippen LogP contribution in [0, 0.1) is 0 Å². The van der Waals surface area contributed by atoms with E-state index >= 15 is 0 Å². The number of halogens is 1. The third-order valence-corrected chi connectivity index (χ3v) is 3.59. The molecule has 2 aromatic rings. The minimum Gasteiger partial charge on any atom is -0.493 e. The Bertz CT molecular complexity index is 626. The molecule has 1 aromatic carbocycles. The monoisotopic (exact) mass is 309 g/mol. The zero-order chi connectivity index (χ0) is 13.4. The van der Waals surface area contributed by atoms with E-state index in [9.17, 15) is 0 Å². The van der Waals surface area contributed by atoms with Gasteiger partial charge in [-0.2, -0.15) is 4.98 Å². The molecule has 0 amide bonds. The number of fused-ring (bicyclic) bond motifs is 1. The first-order chi connectivity index (χ1) is 9.90. The van der Waals surface area contributed by atoms with Crippen LogP contribution < -0.4 is 10.1 Å². The number of nitrogens with one attached hydrogen (secondary N) is 1. The number of hydrogen-bond acceptors (Lipinski definition) is 6. The smallest absolute Gasteiger partial charge is 0.257 e. The van der Waals surface area contributed by atoms with Crippen molar-refractivity contribution in [1.29, 1.82) is 0 Å². The second-order valence-electron chi connectivity index (χ2n) is 4.94. The number of nitrogens with zero attached hydrogens (tertiary/aromatic N) is 2. The predicted octanol–water partition coefficient (Wildman–Crippen LogP) is 1.75. The lowest BCUT2D eigenvalue weighted by molar-refractivity contribution is 0.00755. The molecular formula is C14H16ClN3O3. The van der Waals surface area contributed by atoms with Crippen LogP contribution in [0.2, 0.25) is 0 Å². The summed E-state index contributed by atoms with van der Waals surface area (Å²) in [5.74, 6) is 2.09. The lowest BCUT2D eigenvalue weighted by Gasteiger charge is -2.19. The van der Waals surface area contributed by atoms with Gasteiger partial charge in [0, 0.05) is 25.1 Å². The molecular weight excluding hydrogens is 294 g/mol. The second-order valence-corrected chi connectivity index (χ2v) is 4.94. The Balaban J connectivity index is 0.00000132. The van der Waals surface area contributed by atoms with Crippen molar-refractivity contribution < 1.29 is 14.0 Å². The third-order valence-electron chi connectivity index (χ3n) is 3.59. The van der Waals surface area contributed by atoms with E-state index in [1.807, 2.05) is 12.1 Å². The highest BCUT2D eigenvalue weighted by Crippen LogP contribution is 2.30. The molecule has 0 bridgehead atoms. The number of ether oxygens (including phenoxy) is 2. The van der Waals surface area contributed by atoms with Crippen molar-refractivity contribution in [3.8, 4) is 17.1 Å². The molecule has 1 atom stereocenters. The summed E-state index contributed by atoms with van der Waals surface area (Å²) >= 11 is 0. The van der Waals surface area contributed by atoms with Gasteiger partial charge in [-0.15, -0.1) is 12.4 Å². The highest BCUT2D eigenvalue weighted by atomic mass is 35.5. The van der Waals surface area contributed by atoms with Crippen LogP contribution in [0.3, 0.4) is 0 Å². The minimum atomic E-state index is -0.150. The molecule has 1 N–H and O–H groups in total. The van der Waals surface area contributed by atoms with Crippen LogP contribution >= 0.6 is 12.4 Å². The van der Waals surface area contributed by atoms with Crippen molar-refractivity contribution in [2.75, 3.05) is 26.3 Å². The van der Waals surface area contributed by atoms with Crippen LogP contribution in [0.25, 0.3) is 11.4 Å². The van der Waals surface area contributed by atoms with Crippen molar-refractivity contribution in [2.45, 2.75) is 12.5 Å². The number of morpholine rings is 1. The highest BCUT2D eigenvalue weighted by Gasteiger charge is 2.23. The maximum absolute atomic E-state index is 5.61. The highest BCUT2D eigenvalue weighted by molar-refractivity contribution is 5.85. The fourth-order valence-electron chi connectivity index (χ4n) is 2.53. The molecule has 0 aliphatic carbocycles. The van der Waals surface area contributed by atoms with E-state index in [1.165, 1.54) is 5.56 Å². The molecule has 2 aliphatic heterocycles. The van der Waals surface area contributed by atoms with Gasteiger partial charge >= 0.3 is 0 Å². The Hall–Kier alpha value is -1.63. The summed E-state index contributed by atoms with van der Waals surface area (Å²) in [6.07, 6.45) is 0.784. The van der Waals surface area contributed by atoms with Crippen molar-refractivity contribution in [2.24, 2.45) is 0 Å². The molecule has 2 aliphatic rings. The Kier molecular flexibility index (Phi) is 4.10. The average molecular weight is 310 g/mol. The van der Waals surface area contributed by atoms with Gasteiger partial charge in [0.1, 0.15) is 11.9 Å². The molecule has 0 spiro atoms. The van der Waals surface area contributed by atoms with Crippen molar-refractivity contribution in [1.82, 2.24) is 15.5 Å². The summed E-state index contributed by atoms with van der Waals surface area (Å²) in [4.78, 5) is 4.45. The summed E-state index contributed by atoms with van der Waals surface area (Å²) in [5, 5.41) is 7.30. The molecule has 1 saturated heterocycles. The topological polar surface area (TPSA) is 69.4 Å². The molecule has 0 unspecified atom stereocenters. The molecule has 0 saturated carbocycles. The van der Waals surface area contributed by atoms with Gasteiger partial charge < -0.3 is 19.3 Å². The molecule has 4 rings (SSSR count). The maximum atomic E-state index is 5.61. The first kappa shape index (κ1) is 14.3. The summed E-state index contributed by atoms with van der Waals surface area (Å²) < 4.78 is 16.4. The molecule has 112 valence electrons. The maximum Gasteiger partial charge on any atom is 0.257 e. The standard InChI is InChI=1S/C14H15N3O3.ClH/c1-2-11-9(3-5-18-11)7-10(1)13-16-14(20-17-13)12-8-15-4-6-19-12;/h1-2,7,12,15H,3-6,8H2;1H/t12-;/m0./s1. The molecule has 1 aromatic heterocycles. The van der Waals surface area contributed by atoms with Gasteiger partial charge in [-0.3, -0.25) is 0 Å². The van der Waals surface area contributed by atoms with Crippen LogP contribution in [0.15, 0.2) is 22.7 Å². The van der Waals surface area contributed by atoms with Crippen LogP contribution in [-0.4, -0.2) is 36.4 Å². The zero-order valence-corrected chi connectivity index (χ0v) is 12.2. The van der Waals surface area contributed by atoms with Crippen molar-refractivity contribution in [3.63, 3.8) is 0 Å². The number of hydrogen-bond donors (Lipinski definition) is 1. The van der Waals surface area contributed by atoms with Gasteiger partial charge in [-0.05, 0) is 23.8 Å². The first-order valence-electron chi connectivity index (χ1n) is 6.82. The number of rotatable bonds is 2. The van der Waals surface area contributed by atoms with Crippen molar-refractivity contribution >= 4 is 12.4 Å². The van der Waals surface area contributed by atoms with Gasteiger partial charge in [-0.1, -0.05) is 5.16 Å². The first-order valence-corrected chi connectivity index (χ1v) is 6.82. The fraction of sp³-hybridized carbons (Fsp3) is 0.429. The van der Waals surface area contributed by atoms with Gasteiger partial charge in [0.15, 0.2) is 0 Å². The SMILES string of the molecule is Cl.c1cc2c(cc1-c1noc([C@@H]3CNCCO3)n1)CCO2. The summed E-state index contributed by atoms with van der Waals surface area (Å²) in [6.45, 7) is 2.98. The lowest BCUT2D eigenvalue weighted by atomic mass is 10.1. The Morgan fingerprint density at radius 2 is 2.19 bits per heavy atom. The predicted molar refractivity (Wildman–Crippen MR) is 77.7 cm³/mol. The number of benzene rings is 1. The van der Waals surface area contributed by atoms with E-state index in [0.717, 1.165) is 30.9 Å². The minimum absolute atomic E-state index is 0.